The van der Waals surface area contributed by atoms with Crippen LogP contribution in [-0.2, 0) is 12.9 Å². The number of aromatic amines is 1. The van der Waals surface area contributed by atoms with Gasteiger partial charge in [-0.25, -0.2) is 9.97 Å². The summed E-state index contributed by atoms with van der Waals surface area (Å²) in [6.45, 7) is 0. The Labute approximate surface area is 112 Å². The van der Waals surface area contributed by atoms with Gasteiger partial charge in [0.05, 0.1) is 16.8 Å². The van der Waals surface area contributed by atoms with Crippen LogP contribution in [0.2, 0.25) is 0 Å². The molecule has 7 heteroatoms. The van der Waals surface area contributed by atoms with Gasteiger partial charge in [-0.1, -0.05) is 0 Å². The predicted molar refractivity (Wildman–Crippen MR) is 70.9 cm³/mol. The number of aromatic nitrogens is 4. The van der Waals surface area contributed by atoms with Gasteiger partial charge in [-0.15, -0.1) is 11.6 Å². The van der Waals surface area contributed by atoms with E-state index < -0.39 is 0 Å². The van der Waals surface area contributed by atoms with E-state index in [0.29, 0.717) is 33.5 Å². The highest BCUT2D eigenvalue weighted by molar-refractivity contribution is 6.17. The van der Waals surface area contributed by atoms with Crippen molar-refractivity contribution in [3.8, 4) is 6.07 Å². The molecule has 3 aromatic heterocycles. The maximum atomic E-state index is 12.1. The van der Waals surface area contributed by atoms with Gasteiger partial charge in [0.1, 0.15) is 28.6 Å². The van der Waals surface area contributed by atoms with Crippen molar-refractivity contribution in [2.75, 3.05) is 0 Å². The van der Waals surface area contributed by atoms with Crippen molar-refractivity contribution in [2.24, 2.45) is 7.05 Å². The largest absolute Gasteiger partial charge is 0.322 e. The predicted octanol–water partition coefficient (Wildman–Crippen LogP) is 1.42. The van der Waals surface area contributed by atoms with Gasteiger partial charge >= 0.3 is 0 Å². The number of nitrogens with zero attached hydrogens (tertiary/aromatic N) is 4. The highest BCUT2D eigenvalue weighted by Gasteiger charge is 2.17. The van der Waals surface area contributed by atoms with Crippen LogP contribution in [0.1, 0.15) is 11.4 Å². The SMILES string of the molecule is Cn1c2nccc(C#N)c2c2nc(CCl)[nH]c(=O)c21. The monoisotopic (exact) mass is 273 g/mol. The lowest BCUT2D eigenvalue weighted by molar-refractivity contribution is 0.957. The van der Waals surface area contributed by atoms with Crippen LogP contribution >= 0.6 is 11.6 Å². The lowest BCUT2D eigenvalue weighted by atomic mass is 10.2. The van der Waals surface area contributed by atoms with E-state index in [1.165, 1.54) is 6.20 Å². The Bertz CT molecular complexity index is 902. The number of nitrogens with one attached hydrogen (secondary N) is 1. The minimum atomic E-state index is -0.287. The molecule has 0 saturated heterocycles. The molecule has 3 aromatic rings. The lowest BCUT2D eigenvalue weighted by Crippen LogP contribution is -2.13. The van der Waals surface area contributed by atoms with Crippen LogP contribution in [0.25, 0.3) is 22.1 Å². The molecule has 0 atom stereocenters. The van der Waals surface area contributed by atoms with Crippen LogP contribution in [0.4, 0.5) is 0 Å². The summed E-state index contributed by atoms with van der Waals surface area (Å²) in [5.41, 5.74) is 1.55. The van der Waals surface area contributed by atoms with Crippen LogP contribution in [0.15, 0.2) is 17.1 Å². The van der Waals surface area contributed by atoms with Crippen molar-refractivity contribution in [2.45, 2.75) is 5.88 Å². The van der Waals surface area contributed by atoms with E-state index in [9.17, 15) is 10.1 Å². The molecule has 0 spiro atoms. The molecule has 0 aromatic carbocycles. The number of pyridine rings is 1. The molecule has 0 radical (unpaired) electrons. The topological polar surface area (TPSA) is 87.4 Å². The smallest absolute Gasteiger partial charge is 0.275 e. The summed E-state index contributed by atoms with van der Waals surface area (Å²) in [5.74, 6) is 0.475. The van der Waals surface area contributed by atoms with Gasteiger partial charge in [0.25, 0.3) is 5.56 Å². The van der Waals surface area contributed by atoms with Gasteiger partial charge in [-0.3, -0.25) is 4.79 Å². The average Bonchev–Trinajstić information content (AvgIpc) is 2.72. The second-order valence-corrected chi connectivity index (χ2v) is 4.34. The molecule has 0 unspecified atom stereocenters. The molecule has 3 rings (SSSR count). The quantitative estimate of drug-likeness (QED) is 0.679. The minimum Gasteiger partial charge on any atom is -0.322 e. The first-order chi connectivity index (χ1) is 9.17. The Balaban J connectivity index is 2.67. The number of H-pyrrole nitrogens is 1. The van der Waals surface area contributed by atoms with Crippen molar-refractivity contribution < 1.29 is 0 Å². The summed E-state index contributed by atoms with van der Waals surface area (Å²) in [7, 11) is 1.72. The number of halogens is 1. The summed E-state index contributed by atoms with van der Waals surface area (Å²) in [4.78, 5) is 23.2. The number of nitriles is 1. The Morgan fingerprint density at radius 2 is 2.37 bits per heavy atom. The van der Waals surface area contributed by atoms with Gasteiger partial charge in [0.15, 0.2) is 0 Å². The highest BCUT2D eigenvalue weighted by atomic mass is 35.5. The standard InChI is InChI=1S/C12H8ClN5O/c1-18-10-9(16-7(4-13)17-12(10)19)8-6(5-14)2-3-15-11(8)18/h2-3H,4H2,1H3,(H,16,17,19). The van der Waals surface area contributed by atoms with Crippen molar-refractivity contribution in [1.82, 2.24) is 19.5 Å². The summed E-state index contributed by atoms with van der Waals surface area (Å²) in [6.07, 6.45) is 1.54. The second-order valence-electron chi connectivity index (χ2n) is 4.07. The second kappa shape index (κ2) is 4.07. The Hall–Kier alpha value is -2.39. The molecule has 0 amide bonds. The van der Waals surface area contributed by atoms with Gasteiger partial charge in [0.2, 0.25) is 0 Å². The van der Waals surface area contributed by atoms with Gasteiger partial charge in [0, 0.05) is 13.2 Å². The number of hydrogen-bond acceptors (Lipinski definition) is 4. The van der Waals surface area contributed by atoms with Crippen LogP contribution < -0.4 is 5.56 Å². The van der Waals surface area contributed by atoms with E-state index in [2.05, 4.69) is 21.0 Å². The van der Waals surface area contributed by atoms with Crippen LogP contribution in [0.5, 0.6) is 0 Å². The zero-order valence-electron chi connectivity index (χ0n) is 9.94. The molecule has 0 aliphatic rings. The molecule has 94 valence electrons. The molecule has 1 N–H and O–H groups in total. The number of alkyl halides is 1. The van der Waals surface area contributed by atoms with E-state index in [0.717, 1.165) is 0 Å². The van der Waals surface area contributed by atoms with E-state index in [1.807, 2.05) is 0 Å². The number of rotatable bonds is 1. The van der Waals surface area contributed by atoms with Gasteiger partial charge < -0.3 is 9.55 Å². The van der Waals surface area contributed by atoms with E-state index in [-0.39, 0.29) is 11.4 Å². The number of aryl methyl sites for hydroxylation is 1. The number of fused-ring (bicyclic) bond motifs is 3. The molecule has 0 aliphatic carbocycles. The first-order valence-electron chi connectivity index (χ1n) is 5.49. The fourth-order valence-corrected chi connectivity index (χ4v) is 2.33. The van der Waals surface area contributed by atoms with E-state index in [4.69, 9.17) is 11.6 Å². The molecular formula is C12H8ClN5O. The fourth-order valence-electron chi connectivity index (χ4n) is 2.20. The molecule has 19 heavy (non-hydrogen) atoms. The summed E-state index contributed by atoms with van der Waals surface area (Å²) >= 11 is 5.71. The Morgan fingerprint density at radius 3 is 3.05 bits per heavy atom. The average molecular weight is 274 g/mol. The fraction of sp³-hybridized carbons (Fsp3) is 0.167. The van der Waals surface area contributed by atoms with Gasteiger partial charge in [-0.2, -0.15) is 5.26 Å². The Kier molecular flexibility index (Phi) is 2.50. The van der Waals surface area contributed by atoms with Crippen LogP contribution in [0.3, 0.4) is 0 Å². The van der Waals surface area contributed by atoms with E-state index >= 15 is 0 Å². The van der Waals surface area contributed by atoms with Crippen LogP contribution in [0, 0.1) is 11.3 Å². The van der Waals surface area contributed by atoms with Crippen molar-refractivity contribution >= 4 is 33.7 Å². The Morgan fingerprint density at radius 1 is 1.58 bits per heavy atom. The van der Waals surface area contributed by atoms with E-state index in [1.54, 1.807) is 17.7 Å². The molecule has 0 bridgehead atoms. The molecule has 6 nitrogen and oxygen atoms in total. The van der Waals surface area contributed by atoms with Crippen molar-refractivity contribution in [3.05, 3.63) is 34.0 Å². The minimum absolute atomic E-state index is 0.101. The zero-order chi connectivity index (χ0) is 13.6. The summed E-state index contributed by atoms with van der Waals surface area (Å²) in [5, 5.41) is 9.76. The third kappa shape index (κ3) is 1.52. The number of hydrogen-bond donors (Lipinski definition) is 1. The normalized spacial score (nSPS) is 11.0. The molecule has 3 heterocycles. The van der Waals surface area contributed by atoms with Crippen LogP contribution in [-0.4, -0.2) is 19.5 Å². The van der Waals surface area contributed by atoms with Crippen molar-refractivity contribution in [3.63, 3.8) is 0 Å². The van der Waals surface area contributed by atoms with Gasteiger partial charge in [-0.05, 0) is 6.07 Å². The molecule has 0 saturated carbocycles. The maximum absolute atomic E-state index is 12.1. The highest BCUT2D eigenvalue weighted by Crippen LogP contribution is 2.25. The summed E-state index contributed by atoms with van der Waals surface area (Å²) in [6, 6.07) is 3.70. The third-order valence-corrected chi connectivity index (χ3v) is 3.27. The third-order valence-electron chi connectivity index (χ3n) is 3.01. The first-order valence-corrected chi connectivity index (χ1v) is 6.03. The zero-order valence-corrected chi connectivity index (χ0v) is 10.7. The van der Waals surface area contributed by atoms with Crippen molar-refractivity contribution in [1.29, 1.82) is 5.26 Å². The molecule has 0 fully saturated rings. The summed E-state index contributed by atoms with van der Waals surface area (Å²) < 4.78 is 1.63. The maximum Gasteiger partial charge on any atom is 0.275 e. The molecular weight excluding hydrogens is 266 g/mol. The lowest BCUT2D eigenvalue weighted by Gasteiger charge is -1.97. The molecule has 0 aliphatic heterocycles. The first kappa shape index (κ1) is 11.7.